The van der Waals surface area contributed by atoms with Crippen molar-refractivity contribution >= 4 is 10.8 Å². The Morgan fingerprint density at radius 1 is 1.00 bits per heavy atom. The molecule has 0 spiro atoms. The molecule has 0 bridgehead atoms. The SMILES string of the molecule is [H-].[Na+].c1ccc2cocc2c1. The van der Waals surface area contributed by atoms with Crippen LogP contribution < -0.4 is 29.6 Å². The van der Waals surface area contributed by atoms with Crippen LogP contribution in [0.3, 0.4) is 0 Å². The molecule has 2 heteroatoms. The van der Waals surface area contributed by atoms with E-state index in [1.165, 1.54) is 0 Å². The molecule has 0 aliphatic carbocycles. The Labute approximate surface area is 82.8 Å². The van der Waals surface area contributed by atoms with E-state index in [-0.39, 0.29) is 31.0 Å². The largest absolute Gasteiger partial charge is 1.00 e. The number of hydrogen-bond acceptors (Lipinski definition) is 1. The van der Waals surface area contributed by atoms with Crippen LogP contribution in [-0.4, -0.2) is 0 Å². The summed E-state index contributed by atoms with van der Waals surface area (Å²) >= 11 is 0. The maximum Gasteiger partial charge on any atom is 1.00 e. The molecule has 46 valence electrons. The smallest absolute Gasteiger partial charge is 1.00 e. The number of fused-ring (bicyclic) bond motifs is 1. The number of hydrogen-bond donors (Lipinski definition) is 0. The molecule has 1 aromatic carbocycles. The van der Waals surface area contributed by atoms with E-state index in [0.29, 0.717) is 0 Å². The van der Waals surface area contributed by atoms with Gasteiger partial charge < -0.3 is 5.84 Å². The van der Waals surface area contributed by atoms with Gasteiger partial charge in [-0.3, -0.25) is 0 Å². The van der Waals surface area contributed by atoms with Gasteiger partial charge in [0.1, 0.15) is 0 Å². The molecule has 0 unspecified atom stereocenters. The Morgan fingerprint density at radius 2 is 1.50 bits per heavy atom. The molecular weight excluding hydrogens is 135 g/mol. The van der Waals surface area contributed by atoms with Crippen LogP contribution in [0, 0.1) is 0 Å². The maximum absolute atomic E-state index is 4.96. The normalized spacial score (nSPS) is 9.20. The van der Waals surface area contributed by atoms with Crippen LogP contribution >= 0.6 is 0 Å². The molecule has 1 aromatic heterocycles. The standard InChI is InChI=1S/C8H6O.Na.H/c1-2-4-8-6-9-5-7(8)3-1;;/h1-6H;;/q;+1;-1. The summed E-state index contributed by atoms with van der Waals surface area (Å²) in [6.07, 6.45) is 3.49. The Hall–Kier alpha value is -0.240. The van der Waals surface area contributed by atoms with Gasteiger partial charge in [-0.05, 0) is 0 Å². The zero-order valence-corrected chi connectivity index (χ0v) is 7.87. The van der Waals surface area contributed by atoms with Crippen molar-refractivity contribution in [2.75, 3.05) is 0 Å². The van der Waals surface area contributed by atoms with Crippen LogP contribution in [0.5, 0.6) is 0 Å². The van der Waals surface area contributed by atoms with E-state index in [1.807, 2.05) is 24.3 Å². The maximum atomic E-state index is 4.96. The zero-order valence-electron chi connectivity index (χ0n) is 6.87. The van der Waals surface area contributed by atoms with Gasteiger partial charge in [0.25, 0.3) is 0 Å². The summed E-state index contributed by atoms with van der Waals surface area (Å²) in [5.74, 6) is 0. The van der Waals surface area contributed by atoms with Gasteiger partial charge in [-0.15, -0.1) is 0 Å². The second kappa shape index (κ2) is 3.24. The molecule has 0 aliphatic rings. The van der Waals surface area contributed by atoms with E-state index in [9.17, 15) is 0 Å². The summed E-state index contributed by atoms with van der Waals surface area (Å²) < 4.78 is 4.96. The van der Waals surface area contributed by atoms with Gasteiger partial charge in [-0.25, -0.2) is 0 Å². The van der Waals surface area contributed by atoms with E-state index >= 15 is 0 Å². The predicted molar refractivity (Wildman–Crippen MR) is 37.3 cm³/mol. The van der Waals surface area contributed by atoms with Crippen LogP contribution in [-0.2, 0) is 0 Å². The molecule has 1 heterocycles. The summed E-state index contributed by atoms with van der Waals surface area (Å²) in [6, 6.07) is 8.05. The molecule has 1 nitrogen and oxygen atoms in total. The first kappa shape index (κ1) is 7.86. The van der Waals surface area contributed by atoms with Gasteiger partial charge in [0, 0.05) is 10.8 Å². The van der Waals surface area contributed by atoms with Crippen molar-refractivity contribution in [2.24, 2.45) is 0 Å². The van der Waals surface area contributed by atoms with Crippen molar-refractivity contribution in [2.45, 2.75) is 0 Å². The van der Waals surface area contributed by atoms with Crippen molar-refractivity contribution in [1.29, 1.82) is 0 Å². The summed E-state index contributed by atoms with van der Waals surface area (Å²) in [7, 11) is 0. The number of rotatable bonds is 0. The molecule has 0 aliphatic heterocycles. The zero-order chi connectivity index (χ0) is 6.10. The third kappa shape index (κ3) is 1.26. The first-order valence-corrected chi connectivity index (χ1v) is 2.88. The Bertz CT molecular complexity index is 288. The van der Waals surface area contributed by atoms with Crippen LogP contribution in [0.4, 0.5) is 0 Å². The minimum atomic E-state index is 0. The van der Waals surface area contributed by atoms with Gasteiger partial charge in [0.15, 0.2) is 0 Å². The minimum absolute atomic E-state index is 0. The van der Waals surface area contributed by atoms with Gasteiger partial charge in [-0.2, -0.15) is 0 Å². The number of furan rings is 1. The molecule has 0 saturated carbocycles. The Morgan fingerprint density at radius 3 is 2.00 bits per heavy atom. The molecule has 0 amide bonds. The fraction of sp³-hybridized carbons (Fsp3) is 0. The second-order valence-corrected chi connectivity index (χ2v) is 2.00. The predicted octanol–water partition coefficient (Wildman–Crippen LogP) is -0.451. The third-order valence-electron chi connectivity index (χ3n) is 1.39. The van der Waals surface area contributed by atoms with Crippen molar-refractivity contribution in [3.63, 3.8) is 0 Å². The third-order valence-corrected chi connectivity index (χ3v) is 1.39. The van der Waals surface area contributed by atoms with Crippen LogP contribution in [0.15, 0.2) is 41.2 Å². The van der Waals surface area contributed by atoms with Gasteiger partial charge in [-0.1, -0.05) is 24.3 Å². The van der Waals surface area contributed by atoms with E-state index < -0.39 is 0 Å². The second-order valence-electron chi connectivity index (χ2n) is 2.00. The molecule has 2 aromatic rings. The quantitative estimate of drug-likeness (QED) is 0.454. The number of benzene rings is 1. The first-order chi connectivity index (χ1) is 4.47. The van der Waals surface area contributed by atoms with E-state index in [4.69, 9.17) is 4.42 Å². The minimum Gasteiger partial charge on any atom is -1.00 e. The van der Waals surface area contributed by atoms with Crippen molar-refractivity contribution in [1.82, 2.24) is 0 Å². The molecule has 2 rings (SSSR count). The first-order valence-electron chi connectivity index (χ1n) is 2.88. The van der Waals surface area contributed by atoms with Gasteiger partial charge >= 0.3 is 29.6 Å². The molecule has 0 radical (unpaired) electrons. The molecule has 0 atom stereocenters. The fourth-order valence-electron chi connectivity index (χ4n) is 0.906. The fourth-order valence-corrected chi connectivity index (χ4v) is 0.906. The van der Waals surface area contributed by atoms with Crippen LogP contribution in [0.25, 0.3) is 10.8 Å². The average Bonchev–Trinajstić information content (AvgIpc) is 2.33. The van der Waals surface area contributed by atoms with E-state index in [0.717, 1.165) is 10.8 Å². The summed E-state index contributed by atoms with van der Waals surface area (Å²) in [5.41, 5.74) is 0. The molecule has 0 fully saturated rings. The monoisotopic (exact) mass is 142 g/mol. The van der Waals surface area contributed by atoms with Crippen LogP contribution in [0.1, 0.15) is 1.43 Å². The molecule has 0 saturated heterocycles. The van der Waals surface area contributed by atoms with Crippen molar-refractivity contribution < 1.29 is 35.4 Å². The summed E-state index contributed by atoms with van der Waals surface area (Å²) in [6.45, 7) is 0. The Balaban J connectivity index is 0.000000500. The van der Waals surface area contributed by atoms with Crippen LogP contribution in [0.2, 0.25) is 0 Å². The topological polar surface area (TPSA) is 13.1 Å². The van der Waals surface area contributed by atoms with Gasteiger partial charge in [0.05, 0.1) is 12.5 Å². The van der Waals surface area contributed by atoms with Gasteiger partial charge in [0.2, 0.25) is 0 Å². The molecule has 10 heavy (non-hydrogen) atoms. The molecular formula is C8H7NaO. The van der Waals surface area contributed by atoms with Crippen molar-refractivity contribution in [3.8, 4) is 0 Å². The van der Waals surface area contributed by atoms with Crippen molar-refractivity contribution in [3.05, 3.63) is 36.8 Å². The Kier molecular flexibility index (Phi) is 2.55. The molecule has 0 N–H and O–H groups in total. The average molecular weight is 142 g/mol. The summed E-state index contributed by atoms with van der Waals surface area (Å²) in [4.78, 5) is 0. The van der Waals surface area contributed by atoms with E-state index in [1.54, 1.807) is 12.5 Å². The summed E-state index contributed by atoms with van der Waals surface area (Å²) in [5, 5.41) is 2.33. The van der Waals surface area contributed by atoms with E-state index in [2.05, 4.69) is 0 Å².